The predicted octanol–water partition coefficient (Wildman–Crippen LogP) is 0.656. The Kier molecular flexibility index (Phi) is 3.44. The molecule has 0 fully saturated rings. The van der Waals surface area contributed by atoms with E-state index in [1.54, 1.807) is 5.98 Å². The average Bonchev–Trinajstić information content (AvgIpc) is 1.41. The van der Waals surface area contributed by atoms with Crippen LogP contribution in [0, 0.1) is 0 Å². The van der Waals surface area contributed by atoms with Gasteiger partial charge in [0.25, 0.3) is 0 Å². The molecule has 1 heteroatoms. The third kappa shape index (κ3) is 3.67. The molecule has 0 saturated carbocycles. The second-order valence-electron chi connectivity index (χ2n) is 0.761. The van der Waals surface area contributed by atoms with E-state index in [2.05, 4.69) is 6.58 Å². The van der Waals surface area contributed by atoms with Crippen molar-refractivity contribution in [3.8, 4) is 0 Å². The van der Waals surface area contributed by atoms with E-state index in [4.69, 9.17) is 0 Å². The fraction of sp³-hybridized carbons (Fsp3) is 0.250. The molecule has 0 saturated heterocycles. The van der Waals surface area contributed by atoms with Gasteiger partial charge in [-0.2, -0.15) is 0 Å². The summed E-state index contributed by atoms with van der Waals surface area (Å²) in [6, 6.07) is 0. The van der Waals surface area contributed by atoms with Gasteiger partial charge in [0, 0.05) is 0 Å². The second kappa shape index (κ2) is 3.67. The fourth-order valence-corrected chi connectivity index (χ4v) is 0.136. The molecule has 5 heavy (non-hydrogen) atoms. The maximum atomic E-state index is 3.46. The van der Waals surface area contributed by atoms with E-state index in [0.29, 0.717) is 0 Å². The molecule has 0 aliphatic carbocycles. The van der Waals surface area contributed by atoms with Gasteiger partial charge in [0.05, 0.1) is 0 Å². The molecule has 0 aliphatic rings. The third-order valence-corrected chi connectivity index (χ3v) is 0.329. The predicted molar refractivity (Wildman–Crippen MR) is 27.7 cm³/mol. The molecule has 0 atom stereocenters. The van der Waals surface area contributed by atoms with Crippen molar-refractivity contribution in [1.82, 2.24) is 0 Å². The van der Waals surface area contributed by atoms with Crippen molar-refractivity contribution in [1.29, 1.82) is 0 Å². The SMILES string of the molecule is C=CB=CC. The monoisotopic (exact) mass is 66.1 g/mol. The molecule has 0 unspecified atom stereocenters. The van der Waals surface area contributed by atoms with E-state index < -0.39 is 0 Å². The van der Waals surface area contributed by atoms with Crippen LogP contribution >= 0.6 is 0 Å². The van der Waals surface area contributed by atoms with Crippen LogP contribution in [0.15, 0.2) is 12.6 Å². The topological polar surface area (TPSA) is 0 Å². The van der Waals surface area contributed by atoms with Gasteiger partial charge in [-0.3, -0.25) is 0 Å². The normalized spacial score (nSPS) is 7.40. The molecular formula is C4H7B. The maximum absolute atomic E-state index is 3.46. The van der Waals surface area contributed by atoms with Crippen LogP contribution < -0.4 is 0 Å². The van der Waals surface area contributed by atoms with Crippen molar-refractivity contribution in [2.75, 3.05) is 0 Å². The molecule has 0 radical (unpaired) electrons. The summed E-state index contributed by atoms with van der Waals surface area (Å²) in [6.45, 7) is 7.31. The molecular weight excluding hydrogens is 58.9 g/mol. The van der Waals surface area contributed by atoms with Gasteiger partial charge in [0.1, 0.15) is 0 Å². The fourth-order valence-electron chi connectivity index (χ4n) is 0.136. The van der Waals surface area contributed by atoms with Crippen LogP contribution in [0.25, 0.3) is 0 Å². The van der Waals surface area contributed by atoms with E-state index in [1.807, 2.05) is 19.8 Å². The van der Waals surface area contributed by atoms with Gasteiger partial charge in [0.2, 0.25) is 0 Å². The zero-order valence-electron chi connectivity index (χ0n) is 3.44. The molecule has 0 N–H and O–H groups in total. The molecule has 0 aromatic carbocycles. The van der Waals surface area contributed by atoms with Crippen molar-refractivity contribution < 1.29 is 0 Å². The van der Waals surface area contributed by atoms with Crippen molar-refractivity contribution in [2.24, 2.45) is 0 Å². The summed E-state index contributed by atoms with van der Waals surface area (Å²) in [5.41, 5.74) is 0. The molecule has 0 spiro atoms. The molecule has 0 aliphatic heterocycles. The molecule has 0 heterocycles. The summed E-state index contributed by atoms with van der Waals surface area (Å²) >= 11 is 0. The molecule has 0 amide bonds. The van der Waals surface area contributed by atoms with Gasteiger partial charge in [-0.15, -0.1) is 0 Å². The zero-order valence-corrected chi connectivity index (χ0v) is 3.44. The van der Waals surface area contributed by atoms with Crippen molar-refractivity contribution >= 4 is 12.9 Å². The average molecular weight is 65.9 g/mol. The Balaban J connectivity index is 2.92. The van der Waals surface area contributed by atoms with Crippen LogP contribution in [0.4, 0.5) is 0 Å². The van der Waals surface area contributed by atoms with Crippen molar-refractivity contribution in [3.63, 3.8) is 0 Å². The number of hydrogen-bond donors (Lipinski definition) is 0. The minimum absolute atomic E-state index is 1.75. The van der Waals surface area contributed by atoms with E-state index >= 15 is 0 Å². The molecule has 0 rings (SSSR count). The summed E-state index contributed by atoms with van der Waals surface area (Å²) in [5, 5.41) is 0. The van der Waals surface area contributed by atoms with Crippen LogP contribution in [-0.2, 0) is 0 Å². The Bertz CT molecular complexity index is 45.6. The van der Waals surface area contributed by atoms with E-state index in [-0.39, 0.29) is 0 Å². The van der Waals surface area contributed by atoms with Crippen LogP contribution in [0.5, 0.6) is 0 Å². The van der Waals surface area contributed by atoms with Gasteiger partial charge in [-0.05, 0) is 0 Å². The molecule has 0 aromatic rings. The Morgan fingerprint density at radius 3 is 2.40 bits per heavy atom. The standard InChI is InChI=1S/C4H7B/c1-3-5-4-2/h3-4H,1H2,2H3. The van der Waals surface area contributed by atoms with Crippen LogP contribution in [0.2, 0.25) is 0 Å². The summed E-state index contributed by atoms with van der Waals surface area (Å²) in [4.78, 5) is 0. The minimum atomic E-state index is 1.75. The second-order valence-corrected chi connectivity index (χ2v) is 0.761. The number of hydrogen-bond acceptors (Lipinski definition) is 0. The Morgan fingerprint density at radius 1 is 1.80 bits per heavy atom. The van der Waals surface area contributed by atoms with Crippen molar-refractivity contribution in [2.45, 2.75) is 6.92 Å². The summed E-state index contributed by atoms with van der Waals surface area (Å²) in [6.07, 6.45) is 0. The van der Waals surface area contributed by atoms with E-state index in [9.17, 15) is 0 Å². The summed E-state index contributed by atoms with van der Waals surface area (Å²) in [5.74, 6) is 3.69. The summed E-state index contributed by atoms with van der Waals surface area (Å²) < 4.78 is 0. The first-order valence-corrected chi connectivity index (χ1v) is 1.65. The Hall–Kier alpha value is -0.325. The third-order valence-electron chi connectivity index (χ3n) is 0.329. The first-order chi connectivity index (χ1) is 2.41. The van der Waals surface area contributed by atoms with Gasteiger partial charge >= 0.3 is 32.4 Å². The van der Waals surface area contributed by atoms with E-state index in [0.717, 1.165) is 0 Å². The number of rotatable bonds is 1. The van der Waals surface area contributed by atoms with Gasteiger partial charge in [-0.25, -0.2) is 0 Å². The molecule has 26 valence electrons. The van der Waals surface area contributed by atoms with Crippen LogP contribution in [0.1, 0.15) is 6.92 Å². The van der Waals surface area contributed by atoms with Crippen molar-refractivity contribution in [3.05, 3.63) is 12.6 Å². The Morgan fingerprint density at radius 2 is 2.40 bits per heavy atom. The van der Waals surface area contributed by atoms with Crippen LogP contribution in [-0.4, -0.2) is 12.9 Å². The van der Waals surface area contributed by atoms with E-state index in [1.165, 1.54) is 0 Å². The first-order valence-electron chi connectivity index (χ1n) is 1.65. The van der Waals surface area contributed by atoms with Gasteiger partial charge < -0.3 is 0 Å². The van der Waals surface area contributed by atoms with Gasteiger partial charge in [0.15, 0.2) is 0 Å². The molecule has 0 nitrogen and oxygen atoms in total. The van der Waals surface area contributed by atoms with Crippen LogP contribution in [0.3, 0.4) is 0 Å². The quantitative estimate of drug-likeness (QED) is 0.394. The van der Waals surface area contributed by atoms with Gasteiger partial charge in [-0.1, -0.05) is 0 Å². The zero-order chi connectivity index (χ0) is 4.12. The summed E-state index contributed by atoms with van der Waals surface area (Å²) in [7, 11) is 0. The molecule has 0 aromatic heterocycles. The Labute approximate surface area is 33.4 Å². The first kappa shape index (κ1) is 4.67. The molecule has 0 bridgehead atoms.